The molecule has 0 heterocycles. The van der Waals surface area contributed by atoms with Crippen molar-refractivity contribution in [3.8, 4) is 0 Å². The van der Waals surface area contributed by atoms with Gasteiger partial charge >= 0.3 is 0 Å². The molecule has 1 aromatic rings. The molecule has 2 unspecified atom stereocenters. The van der Waals surface area contributed by atoms with Crippen LogP contribution in [0.1, 0.15) is 39.0 Å². The van der Waals surface area contributed by atoms with Crippen LogP contribution in [-0.2, 0) is 10.0 Å². The predicted octanol–water partition coefficient (Wildman–Crippen LogP) is 3.42. The van der Waals surface area contributed by atoms with Crippen LogP contribution in [-0.4, -0.2) is 14.5 Å². The third-order valence-electron chi connectivity index (χ3n) is 4.02. The second-order valence-electron chi connectivity index (χ2n) is 5.56. The number of anilines is 1. The van der Waals surface area contributed by atoms with Crippen LogP contribution < -0.4 is 10.5 Å². The lowest BCUT2D eigenvalue weighted by molar-refractivity contribution is 0.301. The lowest BCUT2D eigenvalue weighted by Gasteiger charge is -2.29. The predicted molar refractivity (Wildman–Crippen MR) is 84.9 cm³/mol. The number of halogens is 2. The first kappa shape index (κ1) is 16.7. The molecule has 7 heteroatoms. The number of sulfonamides is 1. The minimum Gasteiger partial charge on any atom is -0.396 e. The monoisotopic (exact) mass is 378 g/mol. The summed E-state index contributed by atoms with van der Waals surface area (Å²) in [5.74, 6) is -0.0716. The average molecular weight is 379 g/mol. The minimum atomic E-state index is -3.71. The quantitative estimate of drug-likeness (QED) is 0.788. The van der Waals surface area contributed by atoms with Gasteiger partial charge in [-0.1, -0.05) is 26.2 Å². The first-order chi connectivity index (χ1) is 9.83. The maximum atomic E-state index is 13.3. The van der Waals surface area contributed by atoms with E-state index in [2.05, 4.69) is 27.6 Å². The fourth-order valence-corrected chi connectivity index (χ4v) is 5.13. The Morgan fingerprint density at radius 2 is 2.14 bits per heavy atom. The molecule has 1 aliphatic carbocycles. The molecule has 3 N–H and O–H groups in total. The summed E-state index contributed by atoms with van der Waals surface area (Å²) < 4.78 is 41.2. The largest absolute Gasteiger partial charge is 0.396 e. The Hall–Kier alpha value is -0.660. The van der Waals surface area contributed by atoms with Crippen LogP contribution in [0.15, 0.2) is 21.5 Å². The van der Waals surface area contributed by atoms with Crippen LogP contribution in [0.5, 0.6) is 0 Å². The van der Waals surface area contributed by atoms with Crippen LogP contribution in [0, 0.1) is 11.7 Å². The zero-order chi connectivity index (χ0) is 15.6. The van der Waals surface area contributed by atoms with Gasteiger partial charge in [-0.05, 0) is 46.8 Å². The van der Waals surface area contributed by atoms with Crippen LogP contribution in [0.2, 0.25) is 0 Å². The molecule has 0 saturated heterocycles. The van der Waals surface area contributed by atoms with Crippen LogP contribution in [0.4, 0.5) is 10.1 Å². The molecule has 21 heavy (non-hydrogen) atoms. The molecule has 2 atom stereocenters. The fourth-order valence-electron chi connectivity index (χ4n) is 2.80. The summed E-state index contributed by atoms with van der Waals surface area (Å²) in [4.78, 5) is -0.0139. The van der Waals surface area contributed by atoms with Gasteiger partial charge in [0.05, 0.1) is 10.6 Å². The summed E-state index contributed by atoms with van der Waals surface area (Å²) in [6.07, 6.45) is 4.93. The number of rotatable bonds is 4. The van der Waals surface area contributed by atoms with E-state index < -0.39 is 15.8 Å². The molecule has 4 nitrogen and oxygen atoms in total. The smallest absolute Gasteiger partial charge is 0.242 e. The van der Waals surface area contributed by atoms with Gasteiger partial charge in [0.1, 0.15) is 5.82 Å². The maximum absolute atomic E-state index is 13.3. The molecule has 0 amide bonds. The fraction of sp³-hybridized carbons (Fsp3) is 0.571. The third-order valence-corrected chi connectivity index (χ3v) is 6.50. The summed E-state index contributed by atoms with van der Waals surface area (Å²) in [5, 5.41) is 0. The van der Waals surface area contributed by atoms with E-state index in [1.54, 1.807) is 0 Å². The average Bonchev–Trinajstić information content (AvgIpc) is 2.42. The molecule has 1 saturated carbocycles. The molecule has 2 rings (SSSR count). The number of nitrogen functional groups attached to an aromatic ring is 1. The third kappa shape index (κ3) is 3.96. The summed E-state index contributed by atoms with van der Waals surface area (Å²) in [5.41, 5.74) is 5.30. The molecule has 0 aromatic heterocycles. The Kier molecular flexibility index (Phi) is 5.27. The van der Waals surface area contributed by atoms with Gasteiger partial charge in [-0.3, -0.25) is 0 Å². The zero-order valence-electron chi connectivity index (χ0n) is 11.9. The van der Waals surface area contributed by atoms with E-state index in [0.29, 0.717) is 5.92 Å². The molecule has 0 radical (unpaired) electrons. The van der Waals surface area contributed by atoms with Crippen molar-refractivity contribution in [2.75, 3.05) is 5.73 Å². The molecule has 1 fully saturated rings. The van der Waals surface area contributed by atoms with Gasteiger partial charge in [0.2, 0.25) is 10.0 Å². The molecular formula is C14H20BrFN2O2S. The van der Waals surface area contributed by atoms with Crippen LogP contribution >= 0.6 is 15.9 Å². The zero-order valence-corrected chi connectivity index (χ0v) is 14.3. The summed E-state index contributed by atoms with van der Waals surface area (Å²) >= 11 is 3.09. The molecule has 0 spiro atoms. The van der Waals surface area contributed by atoms with Crippen molar-refractivity contribution in [2.24, 2.45) is 5.92 Å². The Morgan fingerprint density at radius 1 is 1.43 bits per heavy atom. The normalized spacial score (nSPS) is 23.2. The van der Waals surface area contributed by atoms with Gasteiger partial charge in [-0.25, -0.2) is 17.5 Å². The number of hydrogen-bond acceptors (Lipinski definition) is 3. The summed E-state index contributed by atoms with van der Waals surface area (Å²) in [7, 11) is -3.71. The number of nitrogens with one attached hydrogen (secondary N) is 1. The van der Waals surface area contributed by atoms with Crippen LogP contribution in [0.3, 0.4) is 0 Å². The highest BCUT2D eigenvalue weighted by Crippen LogP contribution is 2.30. The molecular weight excluding hydrogens is 359 g/mol. The lowest BCUT2D eigenvalue weighted by Crippen LogP contribution is -2.38. The van der Waals surface area contributed by atoms with E-state index in [4.69, 9.17) is 5.73 Å². The summed E-state index contributed by atoms with van der Waals surface area (Å²) in [6.45, 7) is 2.12. The van der Waals surface area contributed by atoms with Crippen molar-refractivity contribution in [1.82, 2.24) is 4.72 Å². The van der Waals surface area contributed by atoms with Crippen molar-refractivity contribution < 1.29 is 12.8 Å². The second kappa shape index (κ2) is 6.62. The van der Waals surface area contributed by atoms with Gasteiger partial charge in [-0.2, -0.15) is 0 Å². The number of nitrogens with two attached hydrogens (primary N) is 1. The van der Waals surface area contributed by atoms with Crippen molar-refractivity contribution in [2.45, 2.75) is 50.0 Å². The first-order valence-electron chi connectivity index (χ1n) is 7.10. The van der Waals surface area contributed by atoms with Crippen molar-refractivity contribution in [1.29, 1.82) is 0 Å². The highest BCUT2D eigenvalue weighted by Gasteiger charge is 2.27. The Balaban J connectivity index is 2.20. The highest BCUT2D eigenvalue weighted by molar-refractivity contribution is 9.10. The minimum absolute atomic E-state index is 0.0139. The van der Waals surface area contributed by atoms with E-state index in [0.717, 1.165) is 44.2 Å². The Bertz CT molecular complexity index is 622. The van der Waals surface area contributed by atoms with E-state index in [1.807, 2.05) is 0 Å². The van der Waals surface area contributed by atoms with Gasteiger partial charge in [0.25, 0.3) is 0 Å². The second-order valence-corrected chi connectivity index (χ2v) is 8.10. The molecule has 0 bridgehead atoms. The molecule has 0 aliphatic heterocycles. The lowest BCUT2D eigenvalue weighted by atomic mass is 9.85. The van der Waals surface area contributed by atoms with E-state index in [-0.39, 0.29) is 21.1 Å². The first-order valence-corrected chi connectivity index (χ1v) is 9.38. The van der Waals surface area contributed by atoms with E-state index in [1.165, 1.54) is 0 Å². The molecule has 118 valence electrons. The van der Waals surface area contributed by atoms with Gasteiger partial charge in [-0.15, -0.1) is 0 Å². The van der Waals surface area contributed by atoms with Crippen molar-refractivity contribution >= 4 is 31.6 Å². The number of benzene rings is 1. The Morgan fingerprint density at radius 3 is 2.81 bits per heavy atom. The summed E-state index contributed by atoms with van der Waals surface area (Å²) in [6, 6.07) is 2.17. The molecule has 1 aromatic carbocycles. The topological polar surface area (TPSA) is 72.2 Å². The highest BCUT2D eigenvalue weighted by atomic mass is 79.9. The van der Waals surface area contributed by atoms with Crippen LogP contribution in [0.25, 0.3) is 0 Å². The van der Waals surface area contributed by atoms with Gasteiger partial charge in [0.15, 0.2) is 0 Å². The Labute approximate surface area is 133 Å². The van der Waals surface area contributed by atoms with Gasteiger partial charge < -0.3 is 5.73 Å². The standard InChI is InChI=1S/C14H20BrFN2O2S/c1-2-9-4-3-5-10(6-9)18-21(19,20)14-8-13(17)12(16)7-11(14)15/h7-10,18H,2-6,17H2,1H3. The van der Waals surface area contributed by atoms with E-state index in [9.17, 15) is 12.8 Å². The SMILES string of the molecule is CCC1CCCC(NS(=O)(=O)c2cc(N)c(F)cc2Br)C1. The number of hydrogen-bond donors (Lipinski definition) is 2. The van der Waals surface area contributed by atoms with E-state index >= 15 is 0 Å². The van der Waals surface area contributed by atoms with Gasteiger partial charge in [0, 0.05) is 10.5 Å². The van der Waals surface area contributed by atoms with Crippen molar-refractivity contribution in [3.63, 3.8) is 0 Å². The van der Waals surface area contributed by atoms with Crippen molar-refractivity contribution in [3.05, 3.63) is 22.4 Å². The molecule has 1 aliphatic rings. The maximum Gasteiger partial charge on any atom is 0.242 e.